The first-order chi connectivity index (χ1) is 7.70. The van der Waals surface area contributed by atoms with Gasteiger partial charge >= 0.3 is 0 Å². The van der Waals surface area contributed by atoms with Crippen LogP contribution in [0.1, 0.15) is 5.82 Å². The number of halogens is 2. The second-order valence-corrected chi connectivity index (χ2v) is 4.20. The van der Waals surface area contributed by atoms with Crippen molar-refractivity contribution in [1.29, 1.82) is 0 Å². The summed E-state index contributed by atoms with van der Waals surface area (Å²) in [5.41, 5.74) is 1.71. The number of imidazole rings is 1. The van der Waals surface area contributed by atoms with Crippen molar-refractivity contribution >= 4 is 23.2 Å². The van der Waals surface area contributed by atoms with E-state index >= 15 is 0 Å². The first kappa shape index (κ1) is 11.5. The number of rotatable bonds is 3. The molecule has 2 rings (SSSR count). The largest absolute Gasteiger partial charge is 0.331 e. The van der Waals surface area contributed by atoms with Gasteiger partial charge in [0.1, 0.15) is 16.7 Å². The number of hydrogen-bond acceptors (Lipinski definition) is 2. The molecule has 0 saturated heterocycles. The van der Waals surface area contributed by atoms with Gasteiger partial charge in [0.15, 0.2) is 0 Å². The van der Waals surface area contributed by atoms with Gasteiger partial charge in [-0.2, -0.15) is 0 Å². The summed E-state index contributed by atoms with van der Waals surface area (Å²) in [6.07, 6.45) is 0. The second-order valence-electron chi connectivity index (χ2n) is 3.38. The van der Waals surface area contributed by atoms with Crippen LogP contribution in [0.3, 0.4) is 0 Å². The summed E-state index contributed by atoms with van der Waals surface area (Å²) in [6.45, 7) is 0.660. The Balaban J connectivity index is 2.36. The predicted molar refractivity (Wildman–Crippen MR) is 66.8 cm³/mol. The van der Waals surface area contributed by atoms with Crippen molar-refractivity contribution in [3.05, 3.63) is 40.3 Å². The third-order valence-corrected chi connectivity index (χ3v) is 2.70. The molecule has 0 fully saturated rings. The van der Waals surface area contributed by atoms with Gasteiger partial charge in [0.2, 0.25) is 0 Å². The van der Waals surface area contributed by atoms with Crippen LogP contribution in [-0.4, -0.2) is 17.0 Å². The first-order valence-corrected chi connectivity index (χ1v) is 5.61. The lowest BCUT2D eigenvalue weighted by Gasteiger charge is -1.97. The average molecular weight is 256 g/mol. The quantitative estimate of drug-likeness (QED) is 0.885. The first-order valence-electron chi connectivity index (χ1n) is 4.85. The Bertz CT molecular complexity index is 476. The van der Waals surface area contributed by atoms with Crippen LogP contribution < -0.4 is 5.32 Å². The van der Waals surface area contributed by atoms with Gasteiger partial charge in [-0.05, 0) is 19.2 Å². The molecule has 3 nitrogen and oxygen atoms in total. The van der Waals surface area contributed by atoms with E-state index in [0.29, 0.717) is 16.7 Å². The summed E-state index contributed by atoms with van der Waals surface area (Å²) < 4.78 is 0. The van der Waals surface area contributed by atoms with Gasteiger partial charge in [0.05, 0.1) is 6.54 Å². The summed E-state index contributed by atoms with van der Waals surface area (Å²) in [4.78, 5) is 7.42. The maximum atomic E-state index is 6.08. The Morgan fingerprint density at radius 1 is 1.25 bits per heavy atom. The van der Waals surface area contributed by atoms with Crippen molar-refractivity contribution in [2.75, 3.05) is 7.05 Å². The molecular weight excluding hydrogens is 245 g/mol. The SMILES string of the molecule is CNCc1nc(-c2ccc(Cl)cc2)c(Cl)[nH]1. The normalized spacial score (nSPS) is 10.7. The summed E-state index contributed by atoms with van der Waals surface area (Å²) in [6, 6.07) is 7.43. The third-order valence-electron chi connectivity index (χ3n) is 2.17. The molecule has 0 amide bonds. The molecule has 1 aromatic carbocycles. The molecule has 0 radical (unpaired) electrons. The van der Waals surface area contributed by atoms with E-state index in [9.17, 15) is 0 Å². The molecule has 0 aliphatic rings. The minimum Gasteiger partial charge on any atom is -0.331 e. The molecule has 0 atom stereocenters. The highest BCUT2D eigenvalue weighted by molar-refractivity contribution is 6.32. The molecule has 0 bridgehead atoms. The Morgan fingerprint density at radius 3 is 2.56 bits per heavy atom. The number of hydrogen-bond donors (Lipinski definition) is 2. The van der Waals surface area contributed by atoms with E-state index in [1.165, 1.54) is 0 Å². The fraction of sp³-hybridized carbons (Fsp3) is 0.182. The molecule has 0 unspecified atom stereocenters. The summed E-state index contributed by atoms with van der Waals surface area (Å²) in [7, 11) is 1.86. The highest BCUT2D eigenvalue weighted by atomic mass is 35.5. The third kappa shape index (κ3) is 2.38. The minimum absolute atomic E-state index is 0.549. The van der Waals surface area contributed by atoms with Crippen molar-refractivity contribution in [3.8, 4) is 11.3 Å². The van der Waals surface area contributed by atoms with Gasteiger partial charge < -0.3 is 10.3 Å². The van der Waals surface area contributed by atoms with Crippen LogP contribution in [-0.2, 0) is 6.54 Å². The highest BCUT2D eigenvalue weighted by Crippen LogP contribution is 2.26. The molecular formula is C11H11Cl2N3. The minimum atomic E-state index is 0.549. The summed E-state index contributed by atoms with van der Waals surface area (Å²) >= 11 is 11.9. The zero-order chi connectivity index (χ0) is 11.5. The van der Waals surface area contributed by atoms with Crippen molar-refractivity contribution in [2.45, 2.75) is 6.54 Å². The molecule has 0 aliphatic heterocycles. The van der Waals surface area contributed by atoms with Crippen molar-refractivity contribution in [1.82, 2.24) is 15.3 Å². The van der Waals surface area contributed by atoms with Crippen LogP contribution in [0.4, 0.5) is 0 Å². The Labute approximate surface area is 104 Å². The molecule has 16 heavy (non-hydrogen) atoms. The number of aromatic nitrogens is 2. The number of aromatic amines is 1. The number of nitrogens with one attached hydrogen (secondary N) is 2. The lowest BCUT2D eigenvalue weighted by atomic mass is 10.2. The van der Waals surface area contributed by atoms with Crippen molar-refractivity contribution < 1.29 is 0 Å². The number of H-pyrrole nitrogens is 1. The molecule has 0 saturated carbocycles. The summed E-state index contributed by atoms with van der Waals surface area (Å²) in [5.74, 6) is 0.817. The smallest absolute Gasteiger partial charge is 0.134 e. The van der Waals surface area contributed by atoms with Crippen LogP contribution in [0.2, 0.25) is 10.2 Å². The molecule has 0 aliphatic carbocycles. The van der Waals surface area contributed by atoms with Crippen LogP contribution in [0.15, 0.2) is 24.3 Å². The Morgan fingerprint density at radius 2 is 1.94 bits per heavy atom. The lowest BCUT2D eigenvalue weighted by molar-refractivity contribution is 0.772. The van der Waals surface area contributed by atoms with E-state index in [4.69, 9.17) is 23.2 Å². The van der Waals surface area contributed by atoms with Gasteiger partial charge in [-0.1, -0.05) is 35.3 Å². The van der Waals surface area contributed by atoms with E-state index in [1.54, 1.807) is 0 Å². The topological polar surface area (TPSA) is 40.7 Å². The van der Waals surface area contributed by atoms with Gasteiger partial charge in [-0.3, -0.25) is 0 Å². The maximum absolute atomic E-state index is 6.08. The van der Waals surface area contributed by atoms with Crippen LogP contribution in [0.25, 0.3) is 11.3 Å². The molecule has 0 spiro atoms. The Hall–Kier alpha value is -1.03. The fourth-order valence-electron chi connectivity index (χ4n) is 1.45. The lowest BCUT2D eigenvalue weighted by Crippen LogP contribution is -2.06. The van der Waals surface area contributed by atoms with Crippen molar-refractivity contribution in [2.24, 2.45) is 0 Å². The predicted octanol–water partition coefficient (Wildman–Crippen LogP) is 3.10. The highest BCUT2D eigenvalue weighted by Gasteiger charge is 2.09. The number of benzene rings is 1. The van der Waals surface area contributed by atoms with Crippen molar-refractivity contribution in [3.63, 3.8) is 0 Å². The Kier molecular flexibility index (Phi) is 3.49. The number of nitrogens with zero attached hydrogens (tertiary/aromatic N) is 1. The molecule has 5 heteroatoms. The van der Waals surface area contributed by atoms with E-state index in [-0.39, 0.29) is 0 Å². The molecule has 1 aromatic heterocycles. The molecule has 1 heterocycles. The monoisotopic (exact) mass is 255 g/mol. The van der Waals surface area contributed by atoms with Gasteiger partial charge in [0.25, 0.3) is 0 Å². The molecule has 2 N–H and O–H groups in total. The zero-order valence-corrected chi connectivity index (χ0v) is 10.2. The fourth-order valence-corrected chi connectivity index (χ4v) is 1.83. The van der Waals surface area contributed by atoms with E-state index < -0.39 is 0 Å². The van der Waals surface area contributed by atoms with Crippen LogP contribution >= 0.6 is 23.2 Å². The second kappa shape index (κ2) is 4.87. The van der Waals surface area contributed by atoms with E-state index in [0.717, 1.165) is 17.1 Å². The zero-order valence-electron chi connectivity index (χ0n) is 8.72. The summed E-state index contributed by atoms with van der Waals surface area (Å²) in [5, 5.41) is 4.26. The molecule has 2 aromatic rings. The van der Waals surface area contributed by atoms with Crippen LogP contribution in [0, 0.1) is 0 Å². The van der Waals surface area contributed by atoms with E-state index in [1.807, 2.05) is 31.3 Å². The van der Waals surface area contributed by atoms with Crippen LogP contribution in [0.5, 0.6) is 0 Å². The van der Waals surface area contributed by atoms with Gasteiger partial charge in [-0.25, -0.2) is 4.98 Å². The standard InChI is InChI=1S/C11H11Cl2N3/c1-14-6-9-15-10(11(13)16-9)7-2-4-8(12)5-3-7/h2-5,14H,6H2,1H3,(H,15,16). The maximum Gasteiger partial charge on any atom is 0.134 e. The van der Waals surface area contributed by atoms with E-state index in [2.05, 4.69) is 15.3 Å². The van der Waals surface area contributed by atoms with Gasteiger partial charge in [0, 0.05) is 10.6 Å². The van der Waals surface area contributed by atoms with Gasteiger partial charge in [-0.15, -0.1) is 0 Å². The molecule has 84 valence electrons. The average Bonchev–Trinajstić information content (AvgIpc) is 2.61.